The summed E-state index contributed by atoms with van der Waals surface area (Å²) < 4.78 is 0. The van der Waals surface area contributed by atoms with Gasteiger partial charge in [-0.05, 0) is 5.21 Å². The number of nitrogens with one attached hydrogen (secondary N) is 1. The summed E-state index contributed by atoms with van der Waals surface area (Å²) in [6.07, 6.45) is 1.74. The molecule has 0 unspecified atom stereocenters. The number of hydrogen-bond acceptors (Lipinski definition) is 7. The van der Waals surface area contributed by atoms with Crippen LogP contribution in [0.25, 0.3) is 11.4 Å². The van der Waals surface area contributed by atoms with Crippen molar-refractivity contribution in [1.82, 2.24) is 25.2 Å². The summed E-state index contributed by atoms with van der Waals surface area (Å²) in [6, 6.07) is 9.73. The molecule has 96 valence electrons. The van der Waals surface area contributed by atoms with Crippen molar-refractivity contribution < 1.29 is 0 Å². The minimum Gasteiger partial charge on any atom is -0.300 e. The lowest BCUT2D eigenvalue weighted by atomic mass is 10.2. The van der Waals surface area contributed by atoms with Crippen molar-refractivity contribution in [2.75, 3.05) is 5.43 Å². The van der Waals surface area contributed by atoms with E-state index < -0.39 is 0 Å². The van der Waals surface area contributed by atoms with E-state index in [9.17, 15) is 0 Å². The lowest BCUT2D eigenvalue weighted by Gasteiger charge is -1.94. The predicted molar refractivity (Wildman–Crippen MR) is 72.3 cm³/mol. The first kappa shape index (κ1) is 11.8. The van der Waals surface area contributed by atoms with Crippen molar-refractivity contribution in [2.24, 2.45) is 5.84 Å². The molecule has 0 saturated heterocycles. The minimum absolute atomic E-state index is 0.527. The van der Waals surface area contributed by atoms with Gasteiger partial charge < -0.3 is 0 Å². The van der Waals surface area contributed by atoms with Crippen LogP contribution in [0.15, 0.2) is 36.5 Å². The summed E-state index contributed by atoms with van der Waals surface area (Å²) >= 11 is 1.46. The molecule has 19 heavy (non-hydrogen) atoms. The van der Waals surface area contributed by atoms with Crippen LogP contribution in [-0.2, 0) is 6.54 Å². The van der Waals surface area contributed by atoms with Crippen molar-refractivity contribution in [2.45, 2.75) is 6.54 Å². The molecule has 0 aliphatic rings. The maximum Gasteiger partial charge on any atom is 0.204 e. The Morgan fingerprint density at radius 2 is 2.11 bits per heavy atom. The molecule has 7 nitrogen and oxygen atoms in total. The monoisotopic (exact) mass is 273 g/mol. The van der Waals surface area contributed by atoms with Crippen LogP contribution in [0.5, 0.6) is 0 Å². The molecule has 3 N–H and O–H groups in total. The number of nitrogens with two attached hydrogens (primary N) is 1. The number of hydrazine groups is 1. The van der Waals surface area contributed by atoms with Gasteiger partial charge in [0.05, 0.1) is 11.4 Å². The van der Waals surface area contributed by atoms with Gasteiger partial charge in [0.25, 0.3) is 0 Å². The molecule has 0 radical (unpaired) electrons. The molecule has 3 aromatic rings. The number of thiazole rings is 1. The summed E-state index contributed by atoms with van der Waals surface area (Å²) in [5, 5.41) is 13.1. The maximum atomic E-state index is 5.28. The van der Waals surface area contributed by atoms with Gasteiger partial charge in [0, 0.05) is 11.8 Å². The van der Waals surface area contributed by atoms with Crippen LogP contribution in [0.1, 0.15) is 4.88 Å². The highest BCUT2D eigenvalue weighted by atomic mass is 32.1. The normalized spacial score (nSPS) is 10.6. The van der Waals surface area contributed by atoms with Gasteiger partial charge in [-0.1, -0.05) is 41.7 Å². The third kappa shape index (κ3) is 2.59. The van der Waals surface area contributed by atoms with E-state index in [1.165, 1.54) is 16.1 Å². The lowest BCUT2D eigenvalue weighted by Crippen LogP contribution is -2.05. The highest BCUT2D eigenvalue weighted by Crippen LogP contribution is 2.18. The minimum atomic E-state index is 0.527. The van der Waals surface area contributed by atoms with E-state index in [1.807, 2.05) is 30.3 Å². The maximum absolute atomic E-state index is 5.28. The molecule has 2 aromatic heterocycles. The van der Waals surface area contributed by atoms with E-state index >= 15 is 0 Å². The summed E-state index contributed by atoms with van der Waals surface area (Å²) in [5.41, 5.74) is 3.45. The van der Waals surface area contributed by atoms with Crippen molar-refractivity contribution >= 4 is 16.5 Å². The van der Waals surface area contributed by atoms with Crippen LogP contribution < -0.4 is 11.3 Å². The van der Waals surface area contributed by atoms with Gasteiger partial charge in [0.15, 0.2) is 5.13 Å². The van der Waals surface area contributed by atoms with Gasteiger partial charge in [-0.15, -0.1) is 10.2 Å². The Labute approximate surface area is 113 Å². The number of aromatic nitrogens is 5. The predicted octanol–water partition coefficient (Wildman–Crippen LogP) is 1.13. The van der Waals surface area contributed by atoms with E-state index in [0.717, 1.165) is 10.4 Å². The standard InChI is InChI=1S/C11H11N7S/c12-14-11-13-6-9(19-11)7-18-16-10(15-17-18)8-4-2-1-3-5-8/h1-6H,7,12H2,(H,13,14). The van der Waals surface area contributed by atoms with Crippen LogP contribution in [0.2, 0.25) is 0 Å². The summed E-state index contributed by atoms with van der Waals surface area (Å²) in [5.74, 6) is 5.90. The fourth-order valence-corrected chi connectivity index (χ4v) is 2.30. The molecule has 0 bridgehead atoms. The molecular weight excluding hydrogens is 262 g/mol. The van der Waals surface area contributed by atoms with Gasteiger partial charge in [-0.3, -0.25) is 5.43 Å². The molecule has 0 spiro atoms. The number of anilines is 1. The third-order valence-corrected chi connectivity index (χ3v) is 3.37. The fraction of sp³-hybridized carbons (Fsp3) is 0.0909. The summed E-state index contributed by atoms with van der Waals surface area (Å²) in [4.78, 5) is 6.63. The molecule has 0 amide bonds. The Kier molecular flexibility index (Phi) is 3.17. The molecule has 8 heteroatoms. The third-order valence-electron chi connectivity index (χ3n) is 2.46. The second kappa shape index (κ2) is 5.12. The molecular formula is C11H11N7S. The number of rotatable bonds is 4. The van der Waals surface area contributed by atoms with E-state index in [4.69, 9.17) is 5.84 Å². The second-order valence-corrected chi connectivity index (χ2v) is 4.90. The highest BCUT2D eigenvalue weighted by Gasteiger charge is 2.07. The Bertz CT molecular complexity index is 661. The van der Waals surface area contributed by atoms with Gasteiger partial charge in [0.1, 0.15) is 0 Å². The molecule has 1 aromatic carbocycles. The topological polar surface area (TPSA) is 94.5 Å². The van der Waals surface area contributed by atoms with Crippen molar-refractivity contribution in [3.8, 4) is 11.4 Å². The molecule has 3 rings (SSSR count). The summed E-state index contributed by atoms with van der Waals surface area (Å²) in [6.45, 7) is 0.527. The fourth-order valence-electron chi connectivity index (χ4n) is 1.60. The Balaban J connectivity index is 1.78. The number of nitrogens with zero attached hydrogens (tertiary/aromatic N) is 5. The van der Waals surface area contributed by atoms with Crippen LogP contribution in [0, 0.1) is 0 Å². The van der Waals surface area contributed by atoms with Crippen LogP contribution >= 0.6 is 11.3 Å². The Hall–Kier alpha value is -2.32. The quantitative estimate of drug-likeness (QED) is 0.546. The summed E-state index contributed by atoms with van der Waals surface area (Å²) in [7, 11) is 0. The molecule has 0 atom stereocenters. The average Bonchev–Trinajstić information content (AvgIpc) is 3.09. The Morgan fingerprint density at radius 1 is 1.26 bits per heavy atom. The number of benzene rings is 1. The molecule has 0 aliphatic carbocycles. The van der Waals surface area contributed by atoms with Crippen LogP contribution in [0.3, 0.4) is 0 Å². The number of hydrogen-bond donors (Lipinski definition) is 2. The second-order valence-electron chi connectivity index (χ2n) is 3.79. The van der Waals surface area contributed by atoms with E-state index in [2.05, 4.69) is 25.8 Å². The lowest BCUT2D eigenvalue weighted by molar-refractivity contribution is 0.577. The first-order valence-electron chi connectivity index (χ1n) is 5.60. The zero-order valence-corrected chi connectivity index (χ0v) is 10.7. The Morgan fingerprint density at radius 3 is 2.84 bits per heavy atom. The SMILES string of the molecule is NNc1ncc(Cn2nnc(-c3ccccc3)n2)s1. The van der Waals surface area contributed by atoms with E-state index in [0.29, 0.717) is 17.5 Å². The first-order chi connectivity index (χ1) is 9.35. The smallest absolute Gasteiger partial charge is 0.204 e. The van der Waals surface area contributed by atoms with Crippen LogP contribution in [0.4, 0.5) is 5.13 Å². The zero-order chi connectivity index (χ0) is 13.1. The highest BCUT2D eigenvalue weighted by molar-refractivity contribution is 7.15. The molecule has 2 heterocycles. The zero-order valence-electron chi connectivity index (χ0n) is 9.89. The van der Waals surface area contributed by atoms with Crippen molar-refractivity contribution in [1.29, 1.82) is 0 Å². The van der Waals surface area contributed by atoms with Gasteiger partial charge in [-0.25, -0.2) is 10.8 Å². The largest absolute Gasteiger partial charge is 0.300 e. The van der Waals surface area contributed by atoms with Crippen molar-refractivity contribution in [3.05, 3.63) is 41.4 Å². The van der Waals surface area contributed by atoms with Gasteiger partial charge >= 0.3 is 0 Å². The molecule has 0 saturated carbocycles. The van der Waals surface area contributed by atoms with Crippen molar-refractivity contribution in [3.63, 3.8) is 0 Å². The average molecular weight is 273 g/mol. The van der Waals surface area contributed by atoms with E-state index in [1.54, 1.807) is 6.20 Å². The van der Waals surface area contributed by atoms with E-state index in [-0.39, 0.29) is 0 Å². The first-order valence-corrected chi connectivity index (χ1v) is 6.41. The van der Waals surface area contributed by atoms with Crippen LogP contribution in [-0.4, -0.2) is 25.2 Å². The molecule has 0 aliphatic heterocycles. The molecule has 0 fully saturated rings. The number of nitrogen functional groups attached to an aromatic ring is 1. The van der Waals surface area contributed by atoms with Gasteiger partial charge in [-0.2, -0.15) is 4.80 Å². The van der Waals surface area contributed by atoms with Gasteiger partial charge in [0.2, 0.25) is 5.82 Å². The number of tetrazole rings is 1.